The predicted octanol–water partition coefficient (Wildman–Crippen LogP) is 2.68. The number of aromatic nitrogens is 2. The highest BCUT2D eigenvalue weighted by Crippen LogP contribution is 2.46. The summed E-state index contributed by atoms with van der Waals surface area (Å²) in [6.07, 6.45) is 2.31. The molecular weight excluding hydrogens is 425 g/mol. The summed E-state index contributed by atoms with van der Waals surface area (Å²) in [5.41, 5.74) is 5.71. The molecule has 2 saturated carbocycles. The second-order valence-corrected chi connectivity index (χ2v) is 9.41. The van der Waals surface area contributed by atoms with Gasteiger partial charge < -0.3 is 15.4 Å². The lowest BCUT2D eigenvalue weighted by atomic mass is 9.87. The number of fused-ring (bicyclic) bond motifs is 2. The van der Waals surface area contributed by atoms with Crippen LogP contribution >= 0.6 is 0 Å². The van der Waals surface area contributed by atoms with Crippen LogP contribution in [0.3, 0.4) is 0 Å². The quantitative estimate of drug-likeness (QED) is 0.747. The van der Waals surface area contributed by atoms with Crippen LogP contribution in [0.5, 0.6) is 5.75 Å². The van der Waals surface area contributed by atoms with E-state index in [-0.39, 0.29) is 41.7 Å². The molecule has 0 amide bonds. The molecule has 3 aliphatic rings. The zero-order valence-electron chi connectivity index (χ0n) is 18.1. The molecule has 1 aromatic carbocycles. The molecule has 7 nitrogen and oxygen atoms in total. The number of halogens is 3. The van der Waals surface area contributed by atoms with Crippen molar-refractivity contribution in [1.29, 1.82) is 0 Å². The fourth-order valence-electron chi connectivity index (χ4n) is 5.74. The van der Waals surface area contributed by atoms with Crippen LogP contribution in [-0.2, 0) is 0 Å². The number of hydrogen-bond donors (Lipinski definition) is 2. The minimum Gasteiger partial charge on any atom is -0.493 e. The van der Waals surface area contributed by atoms with Crippen molar-refractivity contribution in [3.05, 3.63) is 32.2 Å². The average molecular weight is 452 g/mol. The number of alkyl halides is 2. The Morgan fingerprint density at radius 2 is 1.91 bits per heavy atom. The standard InChI is InChI=1S/C22H27F3N4O3/c1-10-16-14(20(30)27-21(31)29(16)12-5-6-12)18(32-2)15(23)17(10)28-8-11-4-3-7-22(24,25)19(26)13(11)9-28/h11-13,19H,3-9,26H2,1-2H3,(H,27,30,31). The smallest absolute Gasteiger partial charge is 0.329 e. The molecule has 2 aromatic rings. The van der Waals surface area contributed by atoms with Crippen LogP contribution in [-0.4, -0.2) is 41.7 Å². The Labute approximate surface area is 182 Å². The Kier molecular flexibility index (Phi) is 4.85. The van der Waals surface area contributed by atoms with Crippen LogP contribution in [0.2, 0.25) is 0 Å². The number of aryl methyl sites for hydroxylation is 1. The van der Waals surface area contributed by atoms with E-state index >= 15 is 4.39 Å². The second-order valence-electron chi connectivity index (χ2n) is 9.41. The zero-order valence-corrected chi connectivity index (χ0v) is 18.1. The van der Waals surface area contributed by atoms with Gasteiger partial charge in [0.1, 0.15) is 5.39 Å². The number of methoxy groups -OCH3 is 1. The van der Waals surface area contributed by atoms with Crippen molar-refractivity contribution in [1.82, 2.24) is 9.55 Å². The van der Waals surface area contributed by atoms with Crippen LogP contribution in [0.4, 0.5) is 18.9 Å². The Hall–Kier alpha value is -2.49. The van der Waals surface area contributed by atoms with Crippen LogP contribution in [0, 0.1) is 24.6 Å². The Morgan fingerprint density at radius 1 is 1.19 bits per heavy atom. The fourth-order valence-corrected chi connectivity index (χ4v) is 5.74. The first-order valence-corrected chi connectivity index (χ1v) is 11.1. The summed E-state index contributed by atoms with van der Waals surface area (Å²) in [7, 11) is 1.27. The number of nitrogens with zero attached hydrogens (tertiary/aromatic N) is 2. The van der Waals surface area contributed by atoms with Crippen LogP contribution in [0.25, 0.3) is 10.9 Å². The molecule has 2 aliphatic carbocycles. The third kappa shape index (κ3) is 3.06. The largest absolute Gasteiger partial charge is 0.493 e. The van der Waals surface area contributed by atoms with E-state index in [0.29, 0.717) is 30.5 Å². The maximum atomic E-state index is 15.8. The highest BCUT2D eigenvalue weighted by molar-refractivity contribution is 5.93. The average Bonchev–Trinajstić information content (AvgIpc) is 3.49. The van der Waals surface area contributed by atoms with Gasteiger partial charge in [-0.2, -0.15) is 0 Å². The van der Waals surface area contributed by atoms with E-state index in [0.717, 1.165) is 12.8 Å². The van der Waals surface area contributed by atoms with E-state index in [1.54, 1.807) is 11.8 Å². The van der Waals surface area contributed by atoms with Crippen LogP contribution in [0.15, 0.2) is 9.59 Å². The van der Waals surface area contributed by atoms with Gasteiger partial charge >= 0.3 is 5.69 Å². The van der Waals surface area contributed by atoms with Crippen molar-refractivity contribution in [3.63, 3.8) is 0 Å². The van der Waals surface area contributed by atoms with Crippen LogP contribution in [0.1, 0.15) is 43.7 Å². The third-order valence-electron chi connectivity index (χ3n) is 7.45. The van der Waals surface area contributed by atoms with Crippen molar-refractivity contribution < 1.29 is 17.9 Å². The highest BCUT2D eigenvalue weighted by atomic mass is 19.3. The molecule has 32 heavy (non-hydrogen) atoms. The Bertz CT molecular complexity index is 1200. The molecule has 0 bridgehead atoms. The zero-order chi connectivity index (χ0) is 22.9. The van der Waals surface area contributed by atoms with E-state index in [1.807, 2.05) is 0 Å². The lowest BCUT2D eigenvalue weighted by Crippen LogP contribution is -2.47. The lowest BCUT2D eigenvalue weighted by molar-refractivity contribution is -0.0439. The molecule has 0 spiro atoms. The molecule has 2 heterocycles. The van der Waals surface area contributed by atoms with Gasteiger partial charge in [0.25, 0.3) is 11.5 Å². The summed E-state index contributed by atoms with van der Waals surface area (Å²) in [5, 5.41) is -0.00519. The molecule has 3 unspecified atom stereocenters. The van der Waals surface area contributed by atoms with Gasteiger partial charge in [0, 0.05) is 37.0 Å². The number of anilines is 1. The summed E-state index contributed by atoms with van der Waals surface area (Å²) in [5.74, 6) is -4.47. The molecular formula is C22H27F3N4O3. The Balaban J connectivity index is 1.70. The second kappa shape index (κ2) is 7.26. The number of H-pyrrole nitrogens is 1. The highest BCUT2D eigenvalue weighted by Gasteiger charge is 2.50. The predicted molar refractivity (Wildman–Crippen MR) is 114 cm³/mol. The van der Waals surface area contributed by atoms with Gasteiger partial charge in [-0.1, -0.05) is 0 Å². The first-order valence-electron chi connectivity index (χ1n) is 11.1. The number of hydrogen-bond acceptors (Lipinski definition) is 5. The summed E-state index contributed by atoms with van der Waals surface area (Å²) in [6, 6.07) is -1.36. The van der Waals surface area contributed by atoms with Crippen molar-refractivity contribution >= 4 is 16.6 Å². The number of ether oxygens (including phenoxy) is 1. The minimum absolute atomic E-state index is 0.00519. The molecule has 174 valence electrons. The van der Waals surface area contributed by atoms with Gasteiger partial charge in [0.05, 0.1) is 24.4 Å². The maximum absolute atomic E-state index is 15.8. The van der Waals surface area contributed by atoms with Gasteiger partial charge in [0.2, 0.25) is 0 Å². The molecule has 1 saturated heterocycles. The number of benzene rings is 1. The van der Waals surface area contributed by atoms with Crippen molar-refractivity contribution in [2.45, 2.75) is 57.0 Å². The van der Waals surface area contributed by atoms with Gasteiger partial charge in [-0.05, 0) is 38.5 Å². The van der Waals surface area contributed by atoms with Gasteiger partial charge in [-0.25, -0.2) is 18.0 Å². The topological polar surface area (TPSA) is 93.3 Å². The van der Waals surface area contributed by atoms with E-state index in [2.05, 4.69) is 4.98 Å². The molecule has 3 N–H and O–H groups in total. The summed E-state index contributed by atoms with van der Waals surface area (Å²) >= 11 is 0. The van der Waals surface area contributed by atoms with E-state index < -0.39 is 34.9 Å². The normalized spacial score (nSPS) is 27.4. The van der Waals surface area contributed by atoms with Gasteiger partial charge in [-0.15, -0.1) is 0 Å². The number of rotatable bonds is 3. The molecule has 3 fully saturated rings. The molecule has 1 aliphatic heterocycles. The van der Waals surface area contributed by atoms with E-state index in [9.17, 15) is 18.4 Å². The molecule has 5 rings (SSSR count). The molecule has 3 atom stereocenters. The monoisotopic (exact) mass is 452 g/mol. The van der Waals surface area contributed by atoms with Crippen molar-refractivity contribution in [3.8, 4) is 5.75 Å². The third-order valence-corrected chi connectivity index (χ3v) is 7.45. The number of aromatic amines is 1. The van der Waals surface area contributed by atoms with Gasteiger partial charge in [0.15, 0.2) is 11.6 Å². The maximum Gasteiger partial charge on any atom is 0.329 e. The Morgan fingerprint density at radius 3 is 2.56 bits per heavy atom. The van der Waals surface area contributed by atoms with E-state index in [1.165, 1.54) is 11.7 Å². The van der Waals surface area contributed by atoms with Gasteiger partial charge in [-0.3, -0.25) is 14.3 Å². The van der Waals surface area contributed by atoms with Crippen LogP contribution < -0.4 is 26.6 Å². The fraction of sp³-hybridized carbons (Fsp3) is 0.636. The minimum atomic E-state index is -2.95. The SMILES string of the molecule is COc1c(F)c(N2CC3CCCC(F)(F)C(N)C3C2)c(C)c2c1c(=O)[nH]c(=O)n2C1CC1. The van der Waals surface area contributed by atoms with E-state index in [4.69, 9.17) is 10.5 Å². The number of nitrogens with one attached hydrogen (secondary N) is 1. The van der Waals surface area contributed by atoms with Crippen molar-refractivity contribution in [2.75, 3.05) is 25.1 Å². The molecule has 0 radical (unpaired) electrons. The van der Waals surface area contributed by atoms with Crippen molar-refractivity contribution in [2.24, 2.45) is 17.6 Å². The first-order chi connectivity index (χ1) is 15.2. The molecule has 10 heteroatoms. The number of nitrogens with two attached hydrogens (primary N) is 1. The molecule has 1 aromatic heterocycles. The summed E-state index contributed by atoms with van der Waals surface area (Å²) in [4.78, 5) is 29.3. The summed E-state index contributed by atoms with van der Waals surface area (Å²) in [6.45, 7) is 2.24. The first kappa shape index (κ1) is 21.4. The summed E-state index contributed by atoms with van der Waals surface area (Å²) < 4.78 is 51.4. The lowest BCUT2D eigenvalue weighted by Gasteiger charge is -2.29.